The number of nitrogens with two attached hydrogens (primary N) is 2. The Morgan fingerprint density at radius 3 is 2.95 bits per heavy atom. The van der Waals surface area contributed by atoms with Gasteiger partial charge in [0.25, 0.3) is 5.91 Å². The second kappa shape index (κ2) is 6.02. The van der Waals surface area contributed by atoms with Crippen LogP contribution in [0.1, 0.15) is 41.7 Å². The summed E-state index contributed by atoms with van der Waals surface area (Å²) in [4.78, 5) is 18.3. The molecular weight excluding hydrogens is 240 g/mol. The molecule has 1 aromatic heterocycles. The molecule has 1 fully saturated rings. The molecule has 1 aliphatic heterocycles. The molecular formula is C14H22N4O. The van der Waals surface area contributed by atoms with Crippen molar-refractivity contribution in [1.29, 1.82) is 0 Å². The number of carbonyl (C=O) groups excluding carboxylic acids is 1. The van der Waals surface area contributed by atoms with Crippen molar-refractivity contribution in [3.05, 3.63) is 23.4 Å². The molecule has 0 aromatic carbocycles. The maximum Gasteiger partial charge on any atom is 0.252 e. The minimum absolute atomic E-state index is 0.367. The quantitative estimate of drug-likeness (QED) is 0.853. The second-order valence-corrected chi connectivity index (χ2v) is 5.11. The van der Waals surface area contributed by atoms with Crippen LogP contribution in [0, 0.1) is 6.92 Å². The predicted molar refractivity (Wildman–Crippen MR) is 76.1 cm³/mol. The van der Waals surface area contributed by atoms with Crippen LogP contribution in [0.5, 0.6) is 0 Å². The zero-order valence-corrected chi connectivity index (χ0v) is 11.4. The maximum atomic E-state index is 11.6. The van der Waals surface area contributed by atoms with Gasteiger partial charge in [-0.15, -0.1) is 0 Å². The molecule has 2 heterocycles. The van der Waals surface area contributed by atoms with E-state index < -0.39 is 5.91 Å². The molecule has 0 bridgehead atoms. The Balaban J connectivity index is 2.37. The topological polar surface area (TPSA) is 85.2 Å². The molecule has 1 amide bonds. The summed E-state index contributed by atoms with van der Waals surface area (Å²) >= 11 is 0. The summed E-state index contributed by atoms with van der Waals surface area (Å²) in [5, 5.41) is 0. The van der Waals surface area contributed by atoms with Crippen LogP contribution in [0.3, 0.4) is 0 Å². The van der Waals surface area contributed by atoms with Crippen molar-refractivity contribution in [2.24, 2.45) is 11.5 Å². The molecule has 1 aliphatic rings. The smallest absolute Gasteiger partial charge is 0.252 e. The molecule has 4 N–H and O–H groups in total. The number of primary amides is 1. The van der Waals surface area contributed by atoms with Gasteiger partial charge < -0.3 is 16.4 Å². The number of aryl methyl sites for hydroxylation is 1. The minimum Gasteiger partial charge on any atom is -0.365 e. The average Bonchev–Trinajstić information content (AvgIpc) is 2.39. The zero-order chi connectivity index (χ0) is 13.8. The molecule has 1 aromatic rings. The highest BCUT2D eigenvalue weighted by Crippen LogP contribution is 2.27. The fraction of sp³-hybridized carbons (Fsp3) is 0.571. The Kier molecular flexibility index (Phi) is 4.37. The monoisotopic (exact) mass is 262 g/mol. The van der Waals surface area contributed by atoms with Crippen molar-refractivity contribution in [3.63, 3.8) is 0 Å². The summed E-state index contributed by atoms with van der Waals surface area (Å²) < 4.78 is 0. The second-order valence-electron chi connectivity index (χ2n) is 5.11. The van der Waals surface area contributed by atoms with E-state index >= 15 is 0 Å². The van der Waals surface area contributed by atoms with Crippen molar-refractivity contribution < 1.29 is 4.79 Å². The van der Waals surface area contributed by atoms with Gasteiger partial charge in [-0.1, -0.05) is 0 Å². The van der Waals surface area contributed by atoms with E-state index in [9.17, 15) is 4.79 Å². The van der Waals surface area contributed by atoms with Gasteiger partial charge in [0.15, 0.2) is 0 Å². The van der Waals surface area contributed by atoms with Gasteiger partial charge in [0.1, 0.15) is 5.82 Å². The van der Waals surface area contributed by atoms with E-state index in [1.54, 1.807) is 6.07 Å². The lowest BCUT2D eigenvalue weighted by molar-refractivity contribution is 0.1000. The maximum absolute atomic E-state index is 11.6. The first-order chi connectivity index (χ1) is 9.13. The van der Waals surface area contributed by atoms with Gasteiger partial charge in [-0.3, -0.25) is 4.79 Å². The summed E-state index contributed by atoms with van der Waals surface area (Å²) in [5.74, 6) is 0.310. The zero-order valence-electron chi connectivity index (χ0n) is 11.4. The first kappa shape index (κ1) is 13.8. The highest BCUT2D eigenvalue weighted by molar-refractivity contribution is 5.97. The molecule has 2 rings (SSSR count). The van der Waals surface area contributed by atoms with E-state index in [2.05, 4.69) is 9.88 Å². The number of hydrogen-bond donors (Lipinski definition) is 2. The number of hydrogen-bond acceptors (Lipinski definition) is 4. The molecule has 1 atom stereocenters. The van der Waals surface area contributed by atoms with Crippen LogP contribution >= 0.6 is 0 Å². The third kappa shape index (κ3) is 3.04. The molecule has 0 radical (unpaired) electrons. The number of rotatable bonds is 4. The van der Waals surface area contributed by atoms with E-state index in [-0.39, 0.29) is 0 Å². The Bertz CT molecular complexity index is 459. The molecule has 19 heavy (non-hydrogen) atoms. The fourth-order valence-electron chi connectivity index (χ4n) is 2.73. The Labute approximate surface area is 114 Å². The van der Waals surface area contributed by atoms with Gasteiger partial charge in [-0.2, -0.15) is 0 Å². The molecule has 0 aliphatic carbocycles. The minimum atomic E-state index is -0.417. The molecule has 5 nitrogen and oxygen atoms in total. The molecule has 0 saturated carbocycles. The largest absolute Gasteiger partial charge is 0.365 e. The number of nitrogens with zero attached hydrogens (tertiary/aromatic N) is 2. The highest BCUT2D eigenvalue weighted by Gasteiger charge is 2.26. The molecule has 5 heteroatoms. The van der Waals surface area contributed by atoms with Crippen molar-refractivity contribution in [3.8, 4) is 0 Å². The van der Waals surface area contributed by atoms with Gasteiger partial charge in [-0.25, -0.2) is 4.98 Å². The lowest BCUT2D eigenvalue weighted by Crippen LogP contribution is -2.42. The van der Waals surface area contributed by atoms with Crippen molar-refractivity contribution >= 4 is 11.7 Å². The van der Waals surface area contributed by atoms with Crippen LogP contribution < -0.4 is 16.4 Å². The van der Waals surface area contributed by atoms with Crippen LogP contribution in [-0.4, -0.2) is 30.0 Å². The van der Waals surface area contributed by atoms with E-state index in [0.717, 1.165) is 37.3 Å². The van der Waals surface area contributed by atoms with Crippen LogP contribution in [0.4, 0.5) is 5.82 Å². The van der Waals surface area contributed by atoms with Gasteiger partial charge in [-0.05, 0) is 51.3 Å². The first-order valence-electron chi connectivity index (χ1n) is 6.87. The number of carbonyl (C=O) groups is 1. The van der Waals surface area contributed by atoms with Gasteiger partial charge >= 0.3 is 0 Å². The van der Waals surface area contributed by atoms with Crippen molar-refractivity contribution in [1.82, 2.24) is 4.98 Å². The predicted octanol–water partition coefficient (Wildman–Crippen LogP) is 1.20. The van der Waals surface area contributed by atoms with Gasteiger partial charge in [0, 0.05) is 18.3 Å². The van der Waals surface area contributed by atoms with Gasteiger partial charge in [0.2, 0.25) is 0 Å². The number of amides is 1. The first-order valence-corrected chi connectivity index (χ1v) is 6.87. The number of piperidine rings is 1. The number of pyridine rings is 1. The molecule has 1 unspecified atom stereocenters. The van der Waals surface area contributed by atoms with E-state index in [4.69, 9.17) is 11.5 Å². The lowest BCUT2D eigenvalue weighted by Gasteiger charge is -2.37. The summed E-state index contributed by atoms with van der Waals surface area (Å²) in [6, 6.07) is 3.96. The summed E-state index contributed by atoms with van der Waals surface area (Å²) in [6.07, 6.45) is 4.35. The SMILES string of the molecule is Cc1ccc(C(N)=O)c(N2CCCCC2CCN)n1. The van der Waals surface area contributed by atoms with Crippen LogP contribution in [0.15, 0.2) is 12.1 Å². The van der Waals surface area contributed by atoms with Crippen molar-refractivity contribution in [2.75, 3.05) is 18.0 Å². The third-order valence-electron chi connectivity index (χ3n) is 3.68. The average molecular weight is 262 g/mol. The van der Waals surface area contributed by atoms with E-state index in [1.165, 1.54) is 6.42 Å². The third-order valence-corrected chi connectivity index (χ3v) is 3.68. The molecule has 104 valence electrons. The summed E-state index contributed by atoms with van der Waals surface area (Å²) in [6.45, 7) is 3.50. The van der Waals surface area contributed by atoms with Gasteiger partial charge in [0.05, 0.1) is 5.56 Å². The van der Waals surface area contributed by atoms with E-state index in [0.29, 0.717) is 18.2 Å². The van der Waals surface area contributed by atoms with Crippen LogP contribution in [0.2, 0.25) is 0 Å². The van der Waals surface area contributed by atoms with Crippen molar-refractivity contribution in [2.45, 2.75) is 38.6 Å². The fourth-order valence-corrected chi connectivity index (χ4v) is 2.73. The van der Waals surface area contributed by atoms with E-state index in [1.807, 2.05) is 13.0 Å². The number of anilines is 1. The molecule has 1 saturated heterocycles. The normalized spacial score (nSPS) is 19.5. The van der Waals surface area contributed by atoms with Crippen LogP contribution in [0.25, 0.3) is 0 Å². The Morgan fingerprint density at radius 1 is 1.47 bits per heavy atom. The molecule has 0 spiro atoms. The Hall–Kier alpha value is -1.62. The lowest BCUT2D eigenvalue weighted by atomic mass is 9.98. The summed E-state index contributed by atoms with van der Waals surface area (Å²) in [7, 11) is 0. The standard InChI is InChI=1S/C14H22N4O/c1-10-5-6-12(13(16)19)14(17-10)18-9-3-2-4-11(18)7-8-15/h5-6,11H,2-4,7-9,15H2,1H3,(H2,16,19). The summed E-state index contributed by atoms with van der Waals surface area (Å²) in [5.41, 5.74) is 12.6. The Morgan fingerprint density at radius 2 is 2.26 bits per heavy atom. The van der Waals surface area contributed by atoms with Crippen LogP contribution in [-0.2, 0) is 0 Å². The highest BCUT2D eigenvalue weighted by atomic mass is 16.1. The number of aromatic nitrogens is 1.